The molecule has 4 heteroatoms. The number of esters is 1. The molecule has 0 aliphatic heterocycles. The van der Waals surface area contributed by atoms with Crippen LogP contribution in [0.4, 0.5) is 0 Å². The minimum Gasteiger partial charge on any atom is -0.490 e. The third-order valence-corrected chi connectivity index (χ3v) is 3.44. The molecule has 0 N–H and O–H groups in total. The predicted octanol–water partition coefficient (Wildman–Crippen LogP) is 4.15. The molecule has 0 spiro atoms. The van der Waals surface area contributed by atoms with Gasteiger partial charge in [-0.2, -0.15) is 0 Å². The van der Waals surface area contributed by atoms with Gasteiger partial charge in [0.05, 0.1) is 12.2 Å². The van der Waals surface area contributed by atoms with Gasteiger partial charge in [-0.25, -0.2) is 4.79 Å². The van der Waals surface area contributed by atoms with Gasteiger partial charge in [0.2, 0.25) is 0 Å². The Morgan fingerprint density at radius 2 is 1.92 bits per heavy atom. The molecule has 4 nitrogen and oxygen atoms in total. The number of carbonyl (C=O) groups excluding carboxylic acids is 2. The van der Waals surface area contributed by atoms with Crippen LogP contribution < -0.4 is 9.47 Å². The smallest absolute Gasteiger partial charge is 0.343 e. The van der Waals surface area contributed by atoms with Crippen molar-refractivity contribution in [2.75, 3.05) is 6.61 Å². The number of rotatable bonds is 7. The number of aldehydes is 1. The van der Waals surface area contributed by atoms with E-state index in [1.165, 1.54) is 0 Å². The molecule has 124 valence electrons. The molecule has 24 heavy (non-hydrogen) atoms. The van der Waals surface area contributed by atoms with Crippen molar-refractivity contribution in [1.82, 2.24) is 0 Å². The molecule has 2 aromatic rings. The summed E-state index contributed by atoms with van der Waals surface area (Å²) >= 11 is 0. The highest BCUT2D eigenvalue weighted by molar-refractivity contribution is 5.92. The van der Waals surface area contributed by atoms with Crippen molar-refractivity contribution >= 4 is 12.3 Å². The zero-order valence-corrected chi connectivity index (χ0v) is 13.9. The topological polar surface area (TPSA) is 52.6 Å². The lowest BCUT2D eigenvalue weighted by atomic mass is 10.1. The van der Waals surface area contributed by atoms with E-state index in [1.54, 1.807) is 30.3 Å². The van der Waals surface area contributed by atoms with Crippen LogP contribution in [0.3, 0.4) is 0 Å². The molecule has 0 saturated heterocycles. The Kier molecular flexibility index (Phi) is 5.90. The summed E-state index contributed by atoms with van der Waals surface area (Å²) in [6.45, 7) is 7.87. The molecular weight excluding hydrogens is 304 g/mol. The van der Waals surface area contributed by atoms with Crippen molar-refractivity contribution in [1.29, 1.82) is 0 Å². The third kappa shape index (κ3) is 4.10. The normalized spacial score (nSPS) is 10.1. The summed E-state index contributed by atoms with van der Waals surface area (Å²) in [5, 5.41) is 0. The summed E-state index contributed by atoms with van der Waals surface area (Å²) in [5.74, 6) is 0.229. The van der Waals surface area contributed by atoms with Crippen LogP contribution >= 0.6 is 0 Å². The SMILES string of the molecule is C=CCc1cc(C=O)cc(OCC)c1OC(=O)c1ccc(C)cc1. The van der Waals surface area contributed by atoms with Crippen LogP contribution in [0.15, 0.2) is 49.1 Å². The second-order valence-electron chi connectivity index (χ2n) is 5.31. The summed E-state index contributed by atoms with van der Waals surface area (Å²) in [6.07, 6.45) is 2.88. The fourth-order valence-electron chi connectivity index (χ4n) is 2.28. The highest BCUT2D eigenvalue weighted by atomic mass is 16.6. The molecule has 2 aromatic carbocycles. The maximum Gasteiger partial charge on any atom is 0.343 e. The van der Waals surface area contributed by atoms with E-state index < -0.39 is 5.97 Å². The van der Waals surface area contributed by atoms with Gasteiger partial charge in [0.15, 0.2) is 11.5 Å². The fourth-order valence-corrected chi connectivity index (χ4v) is 2.28. The summed E-state index contributed by atoms with van der Waals surface area (Å²) in [7, 11) is 0. The summed E-state index contributed by atoms with van der Waals surface area (Å²) in [6, 6.07) is 10.4. The molecule has 0 aromatic heterocycles. The zero-order valence-electron chi connectivity index (χ0n) is 13.9. The molecule has 0 radical (unpaired) electrons. The molecular formula is C20H20O4. The Hall–Kier alpha value is -2.88. The van der Waals surface area contributed by atoms with Crippen LogP contribution in [0.25, 0.3) is 0 Å². The van der Waals surface area contributed by atoms with E-state index >= 15 is 0 Å². The third-order valence-electron chi connectivity index (χ3n) is 3.44. The van der Waals surface area contributed by atoms with Gasteiger partial charge in [-0.15, -0.1) is 6.58 Å². The van der Waals surface area contributed by atoms with Crippen LogP contribution in [0.5, 0.6) is 11.5 Å². The standard InChI is InChI=1S/C20H20O4/c1-4-6-17-11-15(13-21)12-18(23-5-2)19(17)24-20(22)16-9-7-14(3)8-10-16/h4,7-13H,1,5-6H2,2-3H3. The fraction of sp³-hybridized carbons (Fsp3) is 0.200. The molecule has 0 heterocycles. The van der Waals surface area contributed by atoms with Crippen LogP contribution in [0.2, 0.25) is 0 Å². The van der Waals surface area contributed by atoms with Gasteiger partial charge in [-0.05, 0) is 44.5 Å². The first-order chi connectivity index (χ1) is 11.6. The molecule has 0 atom stereocenters. The lowest BCUT2D eigenvalue weighted by molar-refractivity contribution is 0.0727. The van der Waals surface area contributed by atoms with Crippen LogP contribution in [0.1, 0.15) is 38.8 Å². The van der Waals surface area contributed by atoms with Gasteiger partial charge in [-0.1, -0.05) is 23.8 Å². The average Bonchev–Trinajstić information content (AvgIpc) is 2.58. The summed E-state index contributed by atoms with van der Waals surface area (Å²) in [4.78, 5) is 23.5. The van der Waals surface area contributed by atoms with Crippen molar-refractivity contribution in [3.8, 4) is 11.5 Å². The van der Waals surface area contributed by atoms with E-state index in [2.05, 4.69) is 6.58 Å². The number of aryl methyl sites for hydroxylation is 1. The van der Waals surface area contributed by atoms with Gasteiger partial charge in [0.25, 0.3) is 0 Å². The molecule has 0 aliphatic rings. The minimum absolute atomic E-state index is 0.327. The number of hydrogen-bond donors (Lipinski definition) is 0. The molecule has 0 aliphatic carbocycles. The highest BCUT2D eigenvalue weighted by Gasteiger charge is 2.17. The first-order valence-electron chi connectivity index (χ1n) is 7.73. The van der Waals surface area contributed by atoms with E-state index in [0.717, 1.165) is 11.8 Å². The first-order valence-corrected chi connectivity index (χ1v) is 7.73. The predicted molar refractivity (Wildman–Crippen MR) is 93.0 cm³/mol. The largest absolute Gasteiger partial charge is 0.490 e. The Morgan fingerprint density at radius 1 is 1.21 bits per heavy atom. The quantitative estimate of drug-likeness (QED) is 0.332. The highest BCUT2D eigenvalue weighted by Crippen LogP contribution is 2.34. The summed E-state index contributed by atoms with van der Waals surface area (Å²) < 4.78 is 11.1. The van der Waals surface area contributed by atoms with Crippen molar-refractivity contribution in [2.24, 2.45) is 0 Å². The van der Waals surface area contributed by atoms with Gasteiger partial charge in [0.1, 0.15) is 6.29 Å². The lowest BCUT2D eigenvalue weighted by Crippen LogP contribution is -2.11. The van der Waals surface area contributed by atoms with Crippen molar-refractivity contribution < 1.29 is 19.1 Å². The van der Waals surface area contributed by atoms with Crippen molar-refractivity contribution in [3.63, 3.8) is 0 Å². The number of carbonyl (C=O) groups is 2. The molecule has 0 unspecified atom stereocenters. The molecule has 0 amide bonds. The molecule has 0 fully saturated rings. The van der Waals surface area contributed by atoms with Gasteiger partial charge in [-0.3, -0.25) is 4.79 Å². The number of hydrogen-bond acceptors (Lipinski definition) is 4. The second kappa shape index (κ2) is 8.11. The van der Waals surface area contributed by atoms with Gasteiger partial charge >= 0.3 is 5.97 Å². The maximum absolute atomic E-state index is 12.4. The molecule has 0 saturated carbocycles. The number of ether oxygens (including phenoxy) is 2. The van der Waals surface area contributed by atoms with Crippen LogP contribution in [0, 0.1) is 6.92 Å². The Labute approximate surface area is 141 Å². The first kappa shape index (κ1) is 17.5. The maximum atomic E-state index is 12.4. The lowest BCUT2D eigenvalue weighted by Gasteiger charge is -2.15. The van der Waals surface area contributed by atoms with Crippen LogP contribution in [-0.4, -0.2) is 18.9 Å². The van der Waals surface area contributed by atoms with Crippen molar-refractivity contribution in [2.45, 2.75) is 20.3 Å². The van der Waals surface area contributed by atoms with E-state index in [0.29, 0.717) is 41.2 Å². The van der Waals surface area contributed by atoms with Gasteiger partial charge in [0, 0.05) is 11.1 Å². The zero-order chi connectivity index (χ0) is 17.5. The second-order valence-corrected chi connectivity index (χ2v) is 5.31. The number of benzene rings is 2. The average molecular weight is 324 g/mol. The molecule has 0 bridgehead atoms. The molecule has 2 rings (SSSR count). The van der Waals surface area contributed by atoms with Crippen molar-refractivity contribution in [3.05, 3.63) is 71.3 Å². The minimum atomic E-state index is -0.472. The van der Waals surface area contributed by atoms with Crippen LogP contribution in [-0.2, 0) is 6.42 Å². The summed E-state index contributed by atoms with van der Waals surface area (Å²) in [5.41, 5.74) is 2.65. The van der Waals surface area contributed by atoms with E-state index in [4.69, 9.17) is 9.47 Å². The monoisotopic (exact) mass is 324 g/mol. The van der Waals surface area contributed by atoms with Gasteiger partial charge < -0.3 is 9.47 Å². The Balaban J connectivity index is 2.42. The Bertz CT molecular complexity index is 745. The number of allylic oxidation sites excluding steroid dienone is 1. The Morgan fingerprint density at radius 3 is 2.50 bits per heavy atom. The van der Waals surface area contributed by atoms with E-state index in [1.807, 2.05) is 26.0 Å². The van der Waals surface area contributed by atoms with E-state index in [-0.39, 0.29) is 0 Å². The van der Waals surface area contributed by atoms with E-state index in [9.17, 15) is 9.59 Å².